The Morgan fingerprint density at radius 3 is 3.29 bits per heavy atom. The molecule has 14 heavy (non-hydrogen) atoms. The molecule has 1 N–H and O–H groups in total. The molecule has 0 spiro atoms. The molecule has 0 aliphatic carbocycles. The first-order valence-electron chi connectivity index (χ1n) is 4.99. The SMILES string of the molecule is Fc1cccc2c1C1CSCCC1N2. The average molecular weight is 209 g/mol. The topological polar surface area (TPSA) is 12.0 Å². The van der Waals surface area contributed by atoms with Crippen LogP contribution >= 0.6 is 11.8 Å². The lowest BCUT2D eigenvalue weighted by atomic mass is 9.95. The molecule has 0 aromatic heterocycles. The van der Waals surface area contributed by atoms with Crippen LogP contribution in [0.3, 0.4) is 0 Å². The Labute approximate surface area is 87.1 Å². The second-order valence-corrected chi connectivity index (χ2v) is 5.07. The first-order valence-corrected chi connectivity index (χ1v) is 6.14. The lowest BCUT2D eigenvalue weighted by molar-refractivity contribution is 0.563. The van der Waals surface area contributed by atoms with Crippen molar-refractivity contribution in [2.24, 2.45) is 0 Å². The van der Waals surface area contributed by atoms with Crippen LogP contribution in [0.4, 0.5) is 10.1 Å². The summed E-state index contributed by atoms with van der Waals surface area (Å²) >= 11 is 1.94. The molecule has 0 bridgehead atoms. The van der Waals surface area contributed by atoms with E-state index in [-0.39, 0.29) is 5.82 Å². The molecule has 1 nitrogen and oxygen atoms in total. The summed E-state index contributed by atoms with van der Waals surface area (Å²) in [6.45, 7) is 0. The minimum absolute atomic E-state index is 0.0370. The van der Waals surface area contributed by atoms with Crippen LogP contribution in [0.15, 0.2) is 18.2 Å². The number of hydrogen-bond donors (Lipinski definition) is 1. The number of nitrogens with one attached hydrogen (secondary N) is 1. The zero-order valence-electron chi connectivity index (χ0n) is 7.79. The maximum atomic E-state index is 13.6. The van der Waals surface area contributed by atoms with E-state index in [1.165, 1.54) is 5.75 Å². The summed E-state index contributed by atoms with van der Waals surface area (Å²) in [7, 11) is 0. The van der Waals surface area contributed by atoms with Gasteiger partial charge in [0.05, 0.1) is 0 Å². The molecule has 2 aliphatic heterocycles. The van der Waals surface area contributed by atoms with Gasteiger partial charge in [0.25, 0.3) is 0 Å². The van der Waals surface area contributed by atoms with Gasteiger partial charge in [-0.15, -0.1) is 0 Å². The van der Waals surface area contributed by atoms with Crippen molar-refractivity contribution in [3.05, 3.63) is 29.6 Å². The van der Waals surface area contributed by atoms with Crippen molar-refractivity contribution in [1.82, 2.24) is 0 Å². The highest BCUT2D eigenvalue weighted by molar-refractivity contribution is 7.99. The molecule has 1 aromatic carbocycles. The molecule has 1 fully saturated rings. The van der Waals surface area contributed by atoms with E-state index < -0.39 is 0 Å². The number of halogens is 1. The molecule has 74 valence electrons. The summed E-state index contributed by atoms with van der Waals surface area (Å²) in [5.41, 5.74) is 1.94. The fourth-order valence-electron chi connectivity index (χ4n) is 2.43. The highest BCUT2D eigenvalue weighted by Gasteiger charge is 2.35. The summed E-state index contributed by atoms with van der Waals surface area (Å²) in [6, 6.07) is 5.82. The largest absolute Gasteiger partial charge is 0.381 e. The van der Waals surface area contributed by atoms with E-state index in [0.717, 1.165) is 23.4 Å². The second kappa shape index (κ2) is 3.16. The molecule has 2 atom stereocenters. The summed E-state index contributed by atoms with van der Waals surface area (Å²) < 4.78 is 13.6. The van der Waals surface area contributed by atoms with E-state index in [1.807, 2.05) is 17.8 Å². The second-order valence-electron chi connectivity index (χ2n) is 3.92. The van der Waals surface area contributed by atoms with Gasteiger partial charge in [-0.25, -0.2) is 4.39 Å². The predicted octanol–water partition coefficient (Wildman–Crippen LogP) is 2.84. The van der Waals surface area contributed by atoms with Crippen LogP contribution in [-0.2, 0) is 0 Å². The minimum Gasteiger partial charge on any atom is -0.381 e. The van der Waals surface area contributed by atoms with Gasteiger partial charge in [-0.05, 0) is 24.3 Å². The Hall–Kier alpha value is -0.700. The third-order valence-corrected chi connectivity index (χ3v) is 4.24. The predicted molar refractivity (Wildman–Crippen MR) is 58.5 cm³/mol. The quantitative estimate of drug-likeness (QED) is 0.705. The normalized spacial score (nSPS) is 29.2. The third-order valence-electron chi connectivity index (χ3n) is 3.12. The van der Waals surface area contributed by atoms with Crippen molar-refractivity contribution >= 4 is 17.4 Å². The molecule has 0 radical (unpaired) electrons. The molecule has 2 unspecified atom stereocenters. The Morgan fingerprint density at radius 1 is 1.43 bits per heavy atom. The minimum atomic E-state index is -0.0370. The maximum absolute atomic E-state index is 13.6. The summed E-state index contributed by atoms with van der Waals surface area (Å²) in [5.74, 6) is 2.62. The number of rotatable bonds is 0. The van der Waals surface area contributed by atoms with Gasteiger partial charge in [0.15, 0.2) is 0 Å². The van der Waals surface area contributed by atoms with E-state index in [4.69, 9.17) is 0 Å². The molecule has 2 aliphatic rings. The summed E-state index contributed by atoms with van der Waals surface area (Å²) in [6.07, 6.45) is 1.16. The lowest BCUT2D eigenvalue weighted by Crippen LogP contribution is -2.26. The van der Waals surface area contributed by atoms with Crippen molar-refractivity contribution in [1.29, 1.82) is 0 Å². The van der Waals surface area contributed by atoms with Crippen LogP contribution in [0, 0.1) is 5.82 Å². The smallest absolute Gasteiger partial charge is 0.128 e. The van der Waals surface area contributed by atoms with E-state index in [9.17, 15) is 4.39 Å². The van der Waals surface area contributed by atoms with Gasteiger partial charge in [-0.1, -0.05) is 6.07 Å². The molecule has 1 saturated heterocycles. The van der Waals surface area contributed by atoms with Crippen LogP contribution in [-0.4, -0.2) is 17.5 Å². The fourth-order valence-corrected chi connectivity index (χ4v) is 3.67. The van der Waals surface area contributed by atoms with Gasteiger partial charge >= 0.3 is 0 Å². The zero-order valence-corrected chi connectivity index (χ0v) is 8.61. The molecular formula is C11H12FNS. The number of hydrogen-bond acceptors (Lipinski definition) is 2. The molecule has 1 aromatic rings. The molecule has 0 amide bonds. The fraction of sp³-hybridized carbons (Fsp3) is 0.455. The zero-order chi connectivity index (χ0) is 9.54. The van der Waals surface area contributed by atoms with Crippen molar-refractivity contribution in [3.8, 4) is 0 Å². The van der Waals surface area contributed by atoms with E-state index in [1.54, 1.807) is 12.1 Å². The Bertz CT molecular complexity index is 366. The Kier molecular flexibility index (Phi) is 1.94. The van der Waals surface area contributed by atoms with E-state index >= 15 is 0 Å². The van der Waals surface area contributed by atoms with Crippen molar-refractivity contribution < 1.29 is 4.39 Å². The third kappa shape index (κ3) is 1.15. The van der Waals surface area contributed by atoms with Crippen LogP contribution in [0.5, 0.6) is 0 Å². The average Bonchev–Trinajstić information content (AvgIpc) is 2.57. The van der Waals surface area contributed by atoms with Crippen molar-refractivity contribution in [2.75, 3.05) is 16.8 Å². The van der Waals surface area contributed by atoms with Crippen LogP contribution in [0.1, 0.15) is 17.9 Å². The number of fused-ring (bicyclic) bond motifs is 3. The number of benzene rings is 1. The molecule has 2 heterocycles. The van der Waals surface area contributed by atoms with Crippen LogP contribution in [0.25, 0.3) is 0 Å². The molecule has 3 rings (SSSR count). The summed E-state index contributed by atoms with van der Waals surface area (Å²) in [5, 5.41) is 3.42. The van der Waals surface area contributed by atoms with Crippen LogP contribution < -0.4 is 5.32 Å². The van der Waals surface area contributed by atoms with E-state index in [0.29, 0.717) is 12.0 Å². The van der Waals surface area contributed by atoms with Gasteiger partial charge in [0.1, 0.15) is 5.82 Å². The highest BCUT2D eigenvalue weighted by Crippen LogP contribution is 2.43. The Morgan fingerprint density at radius 2 is 2.36 bits per heavy atom. The number of thioether (sulfide) groups is 1. The Balaban J connectivity index is 2.06. The lowest BCUT2D eigenvalue weighted by Gasteiger charge is -2.24. The number of anilines is 1. The van der Waals surface area contributed by atoms with Gasteiger partial charge in [-0.2, -0.15) is 11.8 Å². The molecule has 3 heteroatoms. The standard InChI is InChI=1S/C11H12FNS/c12-8-2-1-3-10-11(8)7-6-14-5-4-9(7)13-10/h1-3,7,9,13H,4-6H2. The van der Waals surface area contributed by atoms with Gasteiger partial charge in [0, 0.05) is 29.0 Å². The first kappa shape index (κ1) is 8.60. The maximum Gasteiger partial charge on any atom is 0.128 e. The summed E-state index contributed by atoms with van der Waals surface area (Å²) in [4.78, 5) is 0. The highest BCUT2D eigenvalue weighted by atomic mass is 32.2. The molecular weight excluding hydrogens is 197 g/mol. The van der Waals surface area contributed by atoms with E-state index in [2.05, 4.69) is 5.32 Å². The van der Waals surface area contributed by atoms with Crippen molar-refractivity contribution in [3.63, 3.8) is 0 Å². The van der Waals surface area contributed by atoms with Gasteiger partial charge in [-0.3, -0.25) is 0 Å². The van der Waals surface area contributed by atoms with Gasteiger partial charge in [0.2, 0.25) is 0 Å². The van der Waals surface area contributed by atoms with Crippen LogP contribution in [0.2, 0.25) is 0 Å². The molecule has 0 saturated carbocycles. The van der Waals surface area contributed by atoms with Gasteiger partial charge < -0.3 is 5.32 Å². The monoisotopic (exact) mass is 209 g/mol. The first-order chi connectivity index (χ1) is 6.86. The van der Waals surface area contributed by atoms with Crippen molar-refractivity contribution in [2.45, 2.75) is 18.4 Å².